The number of hydrogen-bond donors (Lipinski definition) is 2. The van der Waals surface area contributed by atoms with E-state index in [-0.39, 0.29) is 17.9 Å². The smallest absolute Gasteiger partial charge is 0.228 e. The summed E-state index contributed by atoms with van der Waals surface area (Å²) in [5.41, 5.74) is 8.48. The normalized spacial score (nSPS) is 13.3. The van der Waals surface area contributed by atoms with Crippen molar-refractivity contribution in [1.29, 1.82) is 0 Å². The highest BCUT2D eigenvalue weighted by Crippen LogP contribution is 2.27. The Morgan fingerprint density at radius 2 is 1.96 bits per heavy atom. The topological polar surface area (TPSA) is 77.2 Å². The third-order valence-corrected chi connectivity index (χ3v) is 3.76. The molecule has 5 nitrogen and oxygen atoms in total. The van der Waals surface area contributed by atoms with Crippen molar-refractivity contribution in [3.8, 4) is 11.6 Å². The Kier molecular flexibility index (Phi) is 5.34. The van der Waals surface area contributed by atoms with Crippen LogP contribution in [0, 0.1) is 19.8 Å². The molecule has 0 fully saturated rings. The first kappa shape index (κ1) is 17.0. The van der Waals surface area contributed by atoms with Crippen LogP contribution in [0.4, 0.5) is 5.69 Å². The van der Waals surface area contributed by atoms with Crippen LogP contribution in [-0.4, -0.2) is 16.9 Å². The van der Waals surface area contributed by atoms with Gasteiger partial charge in [-0.1, -0.05) is 13.0 Å². The van der Waals surface area contributed by atoms with Gasteiger partial charge in [0.2, 0.25) is 11.8 Å². The first-order chi connectivity index (χ1) is 10.9. The standard InChI is InChI=1S/C18H23N3O2/c1-11-7-8-20-17(9-11)23-16-10-15(6-5-12(16)2)21-18(22)13(3)14(4)19/h5-10,13-14H,19H2,1-4H3,(H,21,22). The Bertz CT molecular complexity index is 698. The molecule has 1 aromatic heterocycles. The molecule has 122 valence electrons. The molecule has 2 aromatic rings. The number of ether oxygens (including phenoxy) is 1. The summed E-state index contributed by atoms with van der Waals surface area (Å²) in [7, 11) is 0. The third kappa shape index (κ3) is 4.53. The van der Waals surface area contributed by atoms with E-state index in [1.54, 1.807) is 12.3 Å². The number of nitrogens with two attached hydrogens (primary N) is 1. The van der Waals surface area contributed by atoms with E-state index in [1.165, 1.54) is 0 Å². The summed E-state index contributed by atoms with van der Waals surface area (Å²) in [5.74, 6) is 0.817. The van der Waals surface area contributed by atoms with Crippen molar-refractivity contribution in [2.24, 2.45) is 11.7 Å². The van der Waals surface area contributed by atoms with Gasteiger partial charge in [0, 0.05) is 30.1 Å². The van der Waals surface area contributed by atoms with E-state index in [4.69, 9.17) is 10.5 Å². The van der Waals surface area contributed by atoms with Gasteiger partial charge in [0.05, 0.1) is 5.92 Å². The predicted octanol–water partition coefficient (Wildman–Crippen LogP) is 3.41. The van der Waals surface area contributed by atoms with Gasteiger partial charge in [-0.15, -0.1) is 0 Å². The molecule has 2 atom stereocenters. The summed E-state index contributed by atoms with van der Waals surface area (Å²) in [6.45, 7) is 7.55. The fourth-order valence-corrected chi connectivity index (χ4v) is 1.96. The first-order valence-electron chi connectivity index (χ1n) is 7.64. The van der Waals surface area contributed by atoms with Gasteiger partial charge < -0.3 is 15.8 Å². The lowest BCUT2D eigenvalue weighted by molar-refractivity contribution is -0.119. The zero-order valence-electron chi connectivity index (χ0n) is 14.0. The highest BCUT2D eigenvalue weighted by atomic mass is 16.5. The molecule has 2 rings (SSSR count). The number of rotatable bonds is 5. The zero-order valence-corrected chi connectivity index (χ0v) is 14.0. The van der Waals surface area contributed by atoms with Crippen LogP contribution in [0.15, 0.2) is 36.5 Å². The van der Waals surface area contributed by atoms with Crippen molar-refractivity contribution < 1.29 is 9.53 Å². The van der Waals surface area contributed by atoms with Crippen LogP contribution in [-0.2, 0) is 4.79 Å². The number of pyridine rings is 1. The van der Waals surface area contributed by atoms with Crippen molar-refractivity contribution in [2.45, 2.75) is 33.7 Å². The molecular weight excluding hydrogens is 290 g/mol. The van der Waals surface area contributed by atoms with Gasteiger partial charge in [-0.25, -0.2) is 4.98 Å². The minimum Gasteiger partial charge on any atom is -0.439 e. The highest BCUT2D eigenvalue weighted by Gasteiger charge is 2.17. The van der Waals surface area contributed by atoms with E-state index in [9.17, 15) is 4.79 Å². The predicted molar refractivity (Wildman–Crippen MR) is 91.7 cm³/mol. The number of hydrogen-bond acceptors (Lipinski definition) is 4. The van der Waals surface area contributed by atoms with E-state index in [0.29, 0.717) is 17.3 Å². The Hall–Kier alpha value is -2.40. The second-order valence-electron chi connectivity index (χ2n) is 5.89. The van der Waals surface area contributed by atoms with E-state index >= 15 is 0 Å². The SMILES string of the molecule is Cc1ccnc(Oc2cc(NC(=O)C(C)C(C)N)ccc2C)c1. The number of aryl methyl sites for hydroxylation is 2. The fraction of sp³-hybridized carbons (Fsp3) is 0.333. The van der Waals surface area contributed by atoms with Gasteiger partial charge in [-0.05, 0) is 44.0 Å². The number of nitrogens with zero attached hydrogens (tertiary/aromatic N) is 1. The number of anilines is 1. The van der Waals surface area contributed by atoms with E-state index in [1.807, 2.05) is 52.0 Å². The van der Waals surface area contributed by atoms with Crippen LogP contribution >= 0.6 is 0 Å². The number of carbonyl (C=O) groups is 1. The van der Waals surface area contributed by atoms with Gasteiger partial charge in [0.15, 0.2) is 0 Å². The van der Waals surface area contributed by atoms with Gasteiger partial charge in [-0.3, -0.25) is 4.79 Å². The summed E-state index contributed by atoms with van der Waals surface area (Å²) in [6.07, 6.45) is 1.70. The molecule has 3 N–H and O–H groups in total. The Labute approximate surface area is 136 Å². The minimum atomic E-state index is -0.265. The zero-order chi connectivity index (χ0) is 17.0. The Balaban J connectivity index is 2.17. The molecule has 2 unspecified atom stereocenters. The summed E-state index contributed by atoms with van der Waals surface area (Å²) >= 11 is 0. The Morgan fingerprint density at radius 3 is 2.61 bits per heavy atom. The summed E-state index contributed by atoms with van der Waals surface area (Å²) in [6, 6.07) is 9.11. The number of benzene rings is 1. The molecule has 0 aliphatic carbocycles. The molecule has 0 saturated heterocycles. The molecule has 0 aliphatic rings. The van der Waals surface area contributed by atoms with E-state index < -0.39 is 0 Å². The molecule has 23 heavy (non-hydrogen) atoms. The molecule has 1 amide bonds. The fourth-order valence-electron chi connectivity index (χ4n) is 1.96. The van der Waals surface area contributed by atoms with Crippen molar-refractivity contribution in [3.63, 3.8) is 0 Å². The van der Waals surface area contributed by atoms with Crippen molar-refractivity contribution in [2.75, 3.05) is 5.32 Å². The maximum absolute atomic E-state index is 12.1. The number of nitrogens with one attached hydrogen (secondary N) is 1. The molecule has 0 spiro atoms. The van der Waals surface area contributed by atoms with Crippen LogP contribution in [0.1, 0.15) is 25.0 Å². The molecular formula is C18H23N3O2. The van der Waals surface area contributed by atoms with Crippen LogP contribution < -0.4 is 15.8 Å². The van der Waals surface area contributed by atoms with Gasteiger partial charge in [0.1, 0.15) is 5.75 Å². The van der Waals surface area contributed by atoms with Gasteiger partial charge in [-0.2, -0.15) is 0 Å². The number of amides is 1. The van der Waals surface area contributed by atoms with Crippen LogP contribution in [0.25, 0.3) is 0 Å². The second-order valence-corrected chi connectivity index (χ2v) is 5.89. The van der Waals surface area contributed by atoms with E-state index in [0.717, 1.165) is 11.1 Å². The molecule has 1 heterocycles. The van der Waals surface area contributed by atoms with Crippen LogP contribution in [0.5, 0.6) is 11.6 Å². The molecule has 0 aliphatic heterocycles. The molecule has 0 radical (unpaired) electrons. The van der Waals surface area contributed by atoms with E-state index in [2.05, 4.69) is 10.3 Å². The summed E-state index contributed by atoms with van der Waals surface area (Å²) < 4.78 is 5.83. The average molecular weight is 313 g/mol. The summed E-state index contributed by atoms with van der Waals surface area (Å²) in [5, 5.41) is 2.87. The van der Waals surface area contributed by atoms with Crippen LogP contribution in [0.2, 0.25) is 0 Å². The third-order valence-electron chi connectivity index (χ3n) is 3.76. The quantitative estimate of drug-likeness (QED) is 0.886. The van der Waals surface area contributed by atoms with Gasteiger partial charge >= 0.3 is 0 Å². The second kappa shape index (κ2) is 7.24. The molecule has 0 bridgehead atoms. The van der Waals surface area contributed by atoms with Crippen molar-refractivity contribution >= 4 is 11.6 Å². The Morgan fingerprint density at radius 1 is 1.22 bits per heavy atom. The minimum absolute atomic E-state index is 0.108. The lowest BCUT2D eigenvalue weighted by Crippen LogP contribution is -2.34. The number of aromatic nitrogens is 1. The lowest BCUT2D eigenvalue weighted by atomic mass is 10.0. The molecule has 0 saturated carbocycles. The molecule has 5 heteroatoms. The lowest BCUT2D eigenvalue weighted by Gasteiger charge is -2.16. The molecule has 1 aromatic carbocycles. The van der Waals surface area contributed by atoms with Gasteiger partial charge in [0.25, 0.3) is 0 Å². The largest absolute Gasteiger partial charge is 0.439 e. The maximum Gasteiger partial charge on any atom is 0.228 e. The maximum atomic E-state index is 12.1. The average Bonchev–Trinajstić information content (AvgIpc) is 2.49. The highest BCUT2D eigenvalue weighted by molar-refractivity contribution is 5.93. The van der Waals surface area contributed by atoms with Crippen LogP contribution in [0.3, 0.4) is 0 Å². The number of carbonyl (C=O) groups excluding carboxylic acids is 1. The van der Waals surface area contributed by atoms with Crippen molar-refractivity contribution in [1.82, 2.24) is 4.98 Å². The van der Waals surface area contributed by atoms with Crippen molar-refractivity contribution in [3.05, 3.63) is 47.7 Å². The first-order valence-corrected chi connectivity index (χ1v) is 7.64. The summed E-state index contributed by atoms with van der Waals surface area (Å²) in [4.78, 5) is 16.3. The monoisotopic (exact) mass is 313 g/mol.